The SMILES string of the molecule is Cc1nc2ccc(Cl)cc2c(N(C)C)c1CCC#N. The fourth-order valence-electron chi connectivity index (χ4n) is 2.37. The van der Waals surface area contributed by atoms with E-state index in [1.165, 1.54) is 0 Å². The molecule has 0 amide bonds. The van der Waals surface area contributed by atoms with Gasteiger partial charge in [-0.25, -0.2) is 0 Å². The molecule has 0 spiro atoms. The van der Waals surface area contributed by atoms with Gasteiger partial charge in [-0.15, -0.1) is 0 Å². The van der Waals surface area contributed by atoms with Crippen molar-refractivity contribution in [3.63, 3.8) is 0 Å². The molecule has 0 atom stereocenters. The minimum Gasteiger partial charge on any atom is -0.377 e. The molecule has 1 aromatic carbocycles. The van der Waals surface area contributed by atoms with Crippen molar-refractivity contribution in [2.24, 2.45) is 0 Å². The monoisotopic (exact) mass is 273 g/mol. The molecule has 3 nitrogen and oxygen atoms in total. The summed E-state index contributed by atoms with van der Waals surface area (Å²) in [6, 6.07) is 7.92. The molecule has 1 heterocycles. The summed E-state index contributed by atoms with van der Waals surface area (Å²) < 4.78 is 0. The van der Waals surface area contributed by atoms with Gasteiger partial charge < -0.3 is 4.90 Å². The molecule has 0 fully saturated rings. The van der Waals surface area contributed by atoms with E-state index in [4.69, 9.17) is 16.9 Å². The second-order valence-corrected chi connectivity index (χ2v) is 5.17. The second-order valence-electron chi connectivity index (χ2n) is 4.74. The molecule has 1 aromatic heterocycles. The van der Waals surface area contributed by atoms with Gasteiger partial charge in [0.15, 0.2) is 0 Å². The van der Waals surface area contributed by atoms with Gasteiger partial charge in [-0.3, -0.25) is 4.98 Å². The molecule has 0 radical (unpaired) electrons. The van der Waals surface area contributed by atoms with Gasteiger partial charge in [0.2, 0.25) is 0 Å². The first-order valence-corrected chi connectivity index (χ1v) is 6.55. The first-order valence-electron chi connectivity index (χ1n) is 6.17. The molecule has 2 rings (SSSR count). The molecule has 0 N–H and O–H groups in total. The van der Waals surface area contributed by atoms with Gasteiger partial charge in [-0.05, 0) is 37.1 Å². The average molecular weight is 274 g/mol. The molecule has 0 aliphatic heterocycles. The van der Waals surface area contributed by atoms with Crippen molar-refractivity contribution in [1.29, 1.82) is 5.26 Å². The maximum atomic E-state index is 8.80. The van der Waals surface area contributed by atoms with Gasteiger partial charge in [0.25, 0.3) is 0 Å². The van der Waals surface area contributed by atoms with Gasteiger partial charge in [0.1, 0.15) is 0 Å². The molecule has 0 aliphatic carbocycles. The summed E-state index contributed by atoms with van der Waals surface area (Å²) in [6.45, 7) is 1.99. The number of halogens is 1. The van der Waals surface area contributed by atoms with Gasteiger partial charge in [-0.1, -0.05) is 11.6 Å². The zero-order valence-corrected chi connectivity index (χ0v) is 12.1. The van der Waals surface area contributed by atoms with Crippen molar-refractivity contribution >= 4 is 28.2 Å². The van der Waals surface area contributed by atoms with Gasteiger partial charge in [0.05, 0.1) is 17.3 Å². The van der Waals surface area contributed by atoms with Crippen LogP contribution in [0.25, 0.3) is 10.9 Å². The Labute approximate surface area is 118 Å². The van der Waals surface area contributed by atoms with E-state index < -0.39 is 0 Å². The van der Waals surface area contributed by atoms with Crippen LogP contribution in [0, 0.1) is 18.3 Å². The molecule has 19 heavy (non-hydrogen) atoms. The molecular formula is C15H16ClN3. The van der Waals surface area contributed by atoms with Crippen LogP contribution in [-0.4, -0.2) is 19.1 Å². The summed E-state index contributed by atoms with van der Waals surface area (Å²) >= 11 is 6.09. The molecule has 0 bridgehead atoms. The zero-order valence-electron chi connectivity index (χ0n) is 11.4. The van der Waals surface area contributed by atoms with E-state index in [0.29, 0.717) is 17.9 Å². The Kier molecular flexibility index (Phi) is 3.92. The smallest absolute Gasteiger partial charge is 0.0727 e. The molecule has 0 saturated heterocycles. The van der Waals surface area contributed by atoms with Crippen LogP contribution in [0.1, 0.15) is 17.7 Å². The van der Waals surface area contributed by atoms with Crippen molar-refractivity contribution in [3.8, 4) is 6.07 Å². The number of anilines is 1. The van der Waals surface area contributed by atoms with E-state index in [9.17, 15) is 0 Å². The third-order valence-corrected chi connectivity index (χ3v) is 3.39. The Bertz CT molecular complexity index is 656. The van der Waals surface area contributed by atoms with Crippen LogP contribution in [0.5, 0.6) is 0 Å². The second kappa shape index (κ2) is 5.46. The van der Waals surface area contributed by atoms with E-state index in [0.717, 1.165) is 27.8 Å². The predicted octanol–water partition coefficient (Wildman–Crippen LogP) is 3.72. The number of hydrogen-bond donors (Lipinski definition) is 0. The minimum absolute atomic E-state index is 0.495. The lowest BCUT2D eigenvalue weighted by molar-refractivity contribution is 0.960. The molecule has 0 aliphatic rings. The minimum atomic E-state index is 0.495. The summed E-state index contributed by atoms with van der Waals surface area (Å²) in [6.07, 6.45) is 1.21. The van der Waals surface area contributed by atoms with E-state index >= 15 is 0 Å². The first kappa shape index (κ1) is 13.6. The Hall–Kier alpha value is -1.79. The van der Waals surface area contributed by atoms with Crippen molar-refractivity contribution in [3.05, 3.63) is 34.5 Å². The largest absolute Gasteiger partial charge is 0.377 e. The first-order chi connectivity index (χ1) is 9.04. The maximum absolute atomic E-state index is 8.80. The van der Waals surface area contributed by atoms with Crippen LogP contribution < -0.4 is 4.90 Å². The number of rotatable bonds is 3. The average Bonchev–Trinajstić information content (AvgIpc) is 2.36. The number of benzene rings is 1. The highest BCUT2D eigenvalue weighted by Gasteiger charge is 2.14. The molecule has 4 heteroatoms. The molecular weight excluding hydrogens is 258 g/mol. The lowest BCUT2D eigenvalue weighted by atomic mass is 10.0. The zero-order chi connectivity index (χ0) is 14.0. The van der Waals surface area contributed by atoms with Crippen LogP contribution in [0.15, 0.2) is 18.2 Å². The number of fused-ring (bicyclic) bond motifs is 1. The summed E-state index contributed by atoms with van der Waals surface area (Å²) in [5.74, 6) is 0. The summed E-state index contributed by atoms with van der Waals surface area (Å²) in [4.78, 5) is 6.69. The Morgan fingerprint density at radius 2 is 2.11 bits per heavy atom. The van der Waals surface area contributed by atoms with E-state index in [1.54, 1.807) is 0 Å². The summed E-state index contributed by atoms with van der Waals surface area (Å²) in [5.41, 5.74) is 4.15. The molecule has 98 valence electrons. The van der Waals surface area contributed by atoms with E-state index in [2.05, 4.69) is 16.0 Å². The van der Waals surface area contributed by atoms with Crippen LogP contribution >= 0.6 is 11.6 Å². The Morgan fingerprint density at radius 1 is 1.37 bits per heavy atom. The standard InChI is InChI=1S/C15H16ClN3/c1-10-12(5-4-8-17)15(19(2)3)13-9-11(16)6-7-14(13)18-10/h6-7,9H,4-5H2,1-3H3. The van der Waals surface area contributed by atoms with Crippen LogP contribution in [0.3, 0.4) is 0 Å². The Balaban J connectivity index is 2.76. The molecule has 2 aromatic rings. The van der Waals surface area contributed by atoms with Gasteiger partial charge in [-0.2, -0.15) is 5.26 Å². The van der Waals surface area contributed by atoms with Crippen molar-refractivity contribution in [2.75, 3.05) is 19.0 Å². The van der Waals surface area contributed by atoms with Crippen molar-refractivity contribution < 1.29 is 0 Å². The lowest BCUT2D eigenvalue weighted by Crippen LogP contribution is -2.14. The number of hydrogen-bond acceptors (Lipinski definition) is 3. The van der Waals surface area contributed by atoms with Crippen molar-refractivity contribution in [1.82, 2.24) is 4.98 Å². The number of nitrogens with zero attached hydrogens (tertiary/aromatic N) is 3. The predicted molar refractivity (Wildman–Crippen MR) is 79.8 cm³/mol. The lowest BCUT2D eigenvalue weighted by Gasteiger charge is -2.21. The number of nitriles is 1. The quantitative estimate of drug-likeness (QED) is 0.856. The topological polar surface area (TPSA) is 39.9 Å². The highest BCUT2D eigenvalue weighted by molar-refractivity contribution is 6.31. The third kappa shape index (κ3) is 2.64. The number of aryl methyl sites for hydroxylation is 1. The van der Waals surface area contributed by atoms with Gasteiger partial charge >= 0.3 is 0 Å². The fraction of sp³-hybridized carbons (Fsp3) is 0.333. The normalized spacial score (nSPS) is 10.5. The summed E-state index contributed by atoms with van der Waals surface area (Å²) in [5, 5.41) is 10.5. The van der Waals surface area contributed by atoms with Crippen LogP contribution in [0.2, 0.25) is 5.02 Å². The Morgan fingerprint density at radius 3 is 2.74 bits per heavy atom. The van der Waals surface area contributed by atoms with Gasteiger partial charge in [0, 0.05) is 36.6 Å². The highest BCUT2D eigenvalue weighted by Crippen LogP contribution is 2.33. The molecule has 0 unspecified atom stereocenters. The number of aromatic nitrogens is 1. The van der Waals surface area contributed by atoms with E-state index in [1.807, 2.05) is 39.2 Å². The van der Waals surface area contributed by atoms with Crippen LogP contribution in [-0.2, 0) is 6.42 Å². The van der Waals surface area contributed by atoms with Crippen LogP contribution in [0.4, 0.5) is 5.69 Å². The fourth-order valence-corrected chi connectivity index (χ4v) is 2.54. The third-order valence-electron chi connectivity index (χ3n) is 3.16. The number of pyridine rings is 1. The van der Waals surface area contributed by atoms with E-state index in [-0.39, 0.29) is 0 Å². The highest BCUT2D eigenvalue weighted by atomic mass is 35.5. The molecule has 0 saturated carbocycles. The maximum Gasteiger partial charge on any atom is 0.0727 e. The summed E-state index contributed by atoms with van der Waals surface area (Å²) in [7, 11) is 4.01. The van der Waals surface area contributed by atoms with Crippen molar-refractivity contribution in [2.45, 2.75) is 19.8 Å².